The van der Waals surface area contributed by atoms with Gasteiger partial charge < -0.3 is 4.90 Å². The van der Waals surface area contributed by atoms with Crippen LogP contribution in [0.5, 0.6) is 0 Å². The van der Waals surface area contributed by atoms with Gasteiger partial charge in [0.2, 0.25) is 15.0 Å². The molecular weight excluding hydrogens is 323 g/mol. The average molecular weight is 338 g/mol. The summed E-state index contributed by atoms with van der Waals surface area (Å²) in [6.07, 6.45) is 2.89. The Hall–Kier alpha value is -2.29. The van der Waals surface area contributed by atoms with E-state index in [1.807, 2.05) is 0 Å². The molecule has 9 heteroatoms. The zero-order valence-corrected chi connectivity index (χ0v) is 13.2. The van der Waals surface area contributed by atoms with Crippen molar-refractivity contribution in [1.82, 2.24) is 20.1 Å². The highest BCUT2D eigenvalue weighted by atomic mass is 32.2. The second-order valence-corrected chi connectivity index (χ2v) is 7.36. The van der Waals surface area contributed by atoms with Gasteiger partial charge in [-0.05, 0) is 31.0 Å². The molecule has 0 atom stereocenters. The molecule has 1 amide bonds. The zero-order chi connectivity index (χ0) is 16.6. The normalized spacial score (nSPS) is 15.1. The van der Waals surface area contributed by atoms with Crippen LogP contribution < -0.4 is 0 Å². The number of likely N-dealkylation sites (tertiary alicyclic amines) is 1. The van der Waals surface area contributed by atoms with Crippen LogP contribution in [0.25, 0.3) is 11.4 Å². The number of hydrogen-bond donors (Lipinski definition) is 1. The second kappa shape index (κ2) is 5.73. The number of nitrogens with zero attached hydrogens (tertiary/aromatic N) is 3. The van der Waals surface area contributed by atoms with E-state index in [0.29, 0.717) is 18.7 Å². The molecule has 2 aromatic rings. The Bertz CT molecular complexity index is 857. The van der Waals surface area contributed by atoms with Crippen molar-refractivity contribution >= 4 is 15.7 Å². The van der Waals surface area contributed by atoms with Crippen LogP contribution in [0.2, 0.25) is 0 Å². The van der Waals surface area contributed by atoms with Gasteiger partial charge in [-0.2, -0.15) is 10.1 Å². The number of amides is 1. The first kappa shape index (κ1) is 15.6. The monoisotopic (exact) mass is 338 g/mol. The molecule has 23 heavy (non-hydrogen) atoms. The molecule has 0 aliphatic carbocycles. The van der Waals surface area contributed by atoms with Crippen molar-refractivity contribution in [2.24, 2.45) is 0 Å². The number of hydrogen-bond acceptors (Lipinski definition) is 5. The van der Waals surface area contributed by atoms with Crippen molar-refractivity contribution in [2.45, 2.75) is 18.0 Å². The lowest BCUT2D eigenvalue weighted by Crippen LogP contribution is -2.27. The smallest absolute Gasteiger partial charge is 0.253 e. The Morgan fingerprint density at radius 3 is 2.61 bits per heavy atom. The lowest BCUT2D eigenvalue weighted by Gasteiger charge is -2.15. The molecule has 0 unspecified atom stereocenters. The van der Waals surface area contributed by atoms with Crippen LogP contribution >= 0.6 is 0 Å². The van der Waals surface area contributed by atoms with Crippen molar-refractivity contribution in [3.05, 3.63) is 29.6 Å². The van der Waals surface area contributed by atoms with Crippen LogP contribution in [0.1, 0.15) is 23.2 Å². The number of halogens is 1. The first-order chi connectivity index (χ1) is 10.9. The van der Waals surface area contributed by atoms with Crippen molar-refractivity contribution in [3.8, 4) is 11.4 Å². The molecule has 1 aliphatic heterocycles. The summed E-state index contributed by atoms with van der Waals surface area (Å²) in [6.45, 7) is 1.37. The molecular formula is C14H15FN4O3S. The number of H-pyrrole nitrogens is 1. The van der Waals surface area contributed by atoms with Crippen LogP contribution in [-0.2, 0) is 9.84 Å². The van der Waals surface area contributed by atoms with Gasteiger partial charge in [0.25, 0.3) is 5.91 Å². The van der Waals surface area contributed by atoms with Crippen LogP contribution in [0.15, 0.2) is 23.4 Å². The van der Waals surface area contributed by atoms with Gasteiger partial charge in [-0.25, -0.2) is 17.9 Å². The number of aromatic nitrogens is 3. The van der Waals surface area contributed by atoms with Crippen molar-refractivity contribution in [2.75, 3.05) is 19.3 Å². The summed E-state index contributed by atoms with van der Waals surface area (Å²) in [5.74, 6) is -0.899. The molecule has 1 N–H and O–H groups in total. The third kappa shape index (κ3) is 3.09. The predicted octanol–water partition coefficient (Wildman–Crippen LogP) is 1.25. The molecule has 3 rings (SSSR count). The topological polar surface area (TPSA) is 96.0 Å². The molecule has 0 bridgehead atoms. The predicted molar refractivity (Wildman–Crippen MR) is 80.0 cm³/mol. The minimum absolute atomic E-state index is 0.0128. The van der Waals surface area contributed by atoms with Crippen LogP contribution in [-0.4, -0.2) is 53.8 Å². The second-order valence-electron chi connectivity index (χ2n) is 5.43. The van der Waals surface area contributed by atoms with Crippen molar-refractivity contribution < 1.29 is 17.6 Å². The first-order valence-electron chi connectivity index (χ1n) is 7.08. The van der Waals surface area contributed by atoms with E-state index >= 15 is 0 Å². The van der Waals surface area contributed by atoms with E-state index in [1.165, 1.54) is 12.1 Å². The van der Waals surface area contributed by atoms with Gasteiger partial charge in [-0.3, -0.25) is 4.79 Å². The molecule has 0 spiro atoms. The zero-order valence-electron chi connectivity index (χ0n) is 12.4. The third-order valence-corrected chi connectivity index (χ3v) is 4.55. The highest BCUT2D eigenvalue weighted by molar-refractivity contribution is 7.90. The van der Waals surface area contributed by atoms with Crippen LogP contribution in [0, 0.1) is 5.82 Å². The Morgan fingerprint density at radius 2 is 2.00 bits per heavy atom. The van der Waals surface area contributed by atoms with Gasteiger partial charge >= 0.3 is 0 Å². The molecule has 1 aromatic carbocycles. The fourth-order valence-corrected chi connectivity index (χ4v) is 2.93. The van der Waals surface area contributed by atoms with Gasteiger partial charge in [0.05, 0.1) is 5.56 Å². The minimum Gasteiger partial charge on any atom is -0.339 e. The summed E-state index contributed by atoms with van der Waals surface area (Å²) in [5.41, 5.74) is 0.315. The largest absolute Gasteiger partial charge is 0.339 e. The summed E-state index contributed by atoms with van der Waals surface area (Å²) in [7, 11) is -3.57. The first-order valence-corrected chi connectivity index (χ1v) is 8.97. The molecule has 1 fully saturated rings. The van der Waals surface area contributed by atoms with E-state index < -0.39 is 15.7 Å². The quantitative estimate of drug-likeness (QED) is 0.908. The Morgan fingerprint density at radius 1 is 1.30 bits per heavy atom. The molecule has 1 saturated heterocycles. The van der Waals surface area contributed by atoms with Gasteiger partial charge in [-0.1, -0.05) is 0 Å². The molecule has 122 valence electrons. The van der Waals surface area contributed by atoms with E-state index in [2.05, 4.69) is 15.2 Å². The average Bonchev–Trinajstić information content (AvgIpc) is 3.18. The molecule has 0 saturated carbocycles. The standard InChI is InChI=1S/C14H15FN4O3S/c1-23(21,22)14-16-12(17-18-14)10-8-9(4-5-11(10)15)13(20)19-6-2-3-7-19/h4-5,8H,2-3,6-7H2,1H3,(H,16,17,18). The van der Waals surface area contributed by atoms with E-state index in [1.54, 1.807) is 4.90 Å². The number of carbonyl (C=O) groups excluding carboxylic acids is 1. The minimum atomic E-state index is -3.57. The van der Waals surface area contributed by atoms with E-state index in [0.717, 1.165) is 25.2 Å². The summed E-state index contributed by atoms with van der Waals surface area (Å²) in [4.78, 5) is 17.9. The third-order valence-electron chi connectivity index (χ3n) is 3.66. The molecule has 0 radical (unpaired) electrons. The Balaban J connectivity index is 1.97. The van der Waals surface area contributed by atoms with Gasteiger partial charge in [0, 0.05) is 24.9 Å². The van der Waals surface area contributed by atoms with Gasteiger partial charge in [0.15, 0.2) is 5.82 Å². The van der Waals surface area contributed by atoms with Gasteiger partial charge in [-0.15, -0.1) is 0 Å². The van der Waals surface area contributed by atoms with Crippen molar-refractivity contribution in [1.29, 1.82) is 0 Å². The number of sulfone groups is 1. The maximum Gasteiger partial charge on any atom is 0.253 e. The van der Waals surface area contributed by atoms with Crippen molar-refractivity contribution in [3.63, 3.8) is 0 Å². The molecule has 2 heterocycles. The van der Waals surface area contributed by atoms with Crippen LogP contribution in [0.4, 0.5) is 4.39 Å². The lowest BCUT2D eigenvalue weighted by molar-refractivity contribution is 0.0793. The number of rotatable bonds is 3. The highest BCUT2D eigenvalue weighted by Crippen LogP contribution is 2.23. The number of nitrogens with one attached hydrogen (secondary N) is 1. The SMILES string of the molecule is CS(=O)(=O)c1nc(-c2cc(C(=O)N3CCCC3)ccc2F)n[nH]1. The highest BCUT2D eigenvalue weighted by Gasteiger charge is 2.22. The molecule has 1 aromatic heterocycles. The fourth-order valence-electron chi connectivity index (χ4n) is 2.47. The van der Waals surface area contributed by atoms with E-state index in [9.17, 15) is 17.6 Å². The maximum atomic E-state index is 14.0. The number of aromatic amines is 1. The van der Waals surface area contributed by atoms with Crippen LogP contribution in [0.3, 0.4) is 0 Å². The van der Waals surface area contributed by atoms with E-state index in [-0.39, 0.29) is 22.5 Å². The summed E-state index contributed by atoms with van der Waals surface area (Å²) in [5, 5.41) is 5.65. The Labute approximate surface area is 132 Å². The lowest BCUT2D eigenvalue weighted by atomic mass is 10.1. The number of benzene rings is 1. The maximum absolute atomic E-state index is 14.0. The summed E-state index contributed by atoms with van der Waals surface area (Å²) < 4.78 is 36.9. The number of carbonyl (C=O) groups is 1. The van der Waals surface area contributed by atoms with E-state index in [4.69, 9.17) is 0 Å². The molecule has 1 aliphatic rings. The molecule has 7 nitrogen and oxygen atoms in total. The van der Waals surface area contributed by atoms with Gasteiger partial charge in [0.1, 0.15) is 5.82 Å². The Kier molecular flexibility index (Phi) is 3.88. The fraction of sp³-hybridized carbons (Fsp3) is 0.357. The summed E-state index contributed by atoms with van der Waals surface area (Å²) in [6, 6.07) is 3.92. The summed E-state index contributed by atoms with van der Waals surface area (Å²) >= 11 is 0.